The second kappa shape index (κ2) is 10.2. The van der Waals surface area contributed by atoms with Gasteiger partial charge in [0.1, 0.15) is 18.4 Å². The molecule has 1 heterocycles. The van der Waals surface area contributed by atoms with Gasteiger partial charge >= 0.3 is 0 Å². The minimum atomic E-state index is -0.0697. The molecule has 5 nitrogen and oxygen atoms in total. The Morgan fingerprint density at radius 3 is 2.61 bits per heavy atom. The predicted molar refractivity (Wildman–Crippen MR) is 113 cm³/mol. The first kappa shape index (κ1) is 21.0. The zero-order valence-corrected chi connectivity index (χ0v) is 17.5. The second-order valence-electron chi connectivity index (χ2n) is 8.07. The molecule has 1 amide bonds. The lowest BCUT2D eigenvalue weighted by Crippen LogP contribution is -2.38. The summed E-state index contributed by atoms with van der Waals surface area (Å²) in [5.74, 6) is 1.02. The molecule has 3 rings (SSSR count). The number of hydrogen-bond donors (Lipinski definition) is 2. The van der Waals surface area contributed by atoms with E-state index in [0.29, 0.717) is 6.10 Å². The summed E-state index contributed by atoms with van der Waals surface area (Å²) < 4.78 is 6.14. The molecule has 2 fully saturated rings. The quantitative estimate of drug-likeness (QED) is 0.565. The average Bonchev–Trinajstić information content (AvgIpc) is 2.73. The Balaban J connectivity index is 1.61. The lowest BCUT2D eigenvalue weighted by atomic mass is 9.75. The molecule has 0 radical (unpaired) electrons. The molecule has 3 atom stereocenters. The Bertz CT molecular complexity index is 680. The van der Waals surface area contributed by atoms with Gasteiger partial charge in [0.05, 0.1) is 6.07 Å². The van der Waals surface area contributed by atoms with E-state index in [1.165, 1.54) is 0 Å². The molecular formula is C22H31N3O2S. The molecule has 152 valence electrons. The van der Waals surface area contributed by atoms with E-state index in [1.54, 1.807) is 0 Å². The van der Waals surface area contributed by atoms with Crippen LogP contribution in [0.15, 0.2) is 24.3 Å². The molecule has 0 spiro atoms. The van der Waals surface area contributed by atoms with Gasteiger partial charge in [-0.3, -0.25) is 4.79 Å². The van der Waals surface area contributed by atoms with Crippen molar-refractivity contribution in [2.45, 2.75) is 49.9 Å². The van der Waals surface area contributed by atoms with Gasteiger partial charge in [-0.2, -0.15) is 17.9 Å². The molecule has 0 bridgehead atoms. The number of piperidine rings is 1. The smallest absolute Gasteiger partial charge is 0.224 e. The zero-order valence-electron chi connectivity index (χ0n) is 16.6. The zero-order chi connectivity index (χ0) is 19.9. The number of ether oxygens (including phenoxy) is 1. The van der Waals surface area contributed by atoms with Crippen LogP contribution in [-0.2, 0) is 4.79 Å². The van der Waals surface area contributed by atoms with Crippen LogP contribution in [0.4, 0.5) is 0 Å². The molecule has 1 aliphatic heterocycles. The first-order valence-corrected chi connectivity index (χ1v) is 10.9. The van der Waals surface area contributed by atoms with Crippen molar-refractivity contribution in [1.82, 2.24) is 10.2 Å². The maximum atomic E-state index is 12.5. The van der Waals surface area contributed by atoms with E-state index in [0.717, 1.165) is 62.9 Å². The van der Waals surface area contributed by atoms with Gasteiger partial charge in [-0.1, -0.05) is 25.0 Å². The lowest BCUT2D eigenvalue weighted by Gasteiger charge is -2.34. The first-order valence-electron chi connectivity index (χ1n) is 10.4. The number of carbonyl (C=O) groups is 1. The maximum Gasteiger partial charge on any atom is 0.224 e. The molecule has 1 saturated carbocycles. The molecule has 1 aromatic rings. The number of likely N-dealkylation sites (tertiary alicyclic amines) is 1. The third-order valence-corrected chi connectivity index (χ3v) is 6.77. The van der Waals surface area contributed by atoms with Crippen LogP contribution in [0.1, 0.15) is 49.3 Å². The van der Waals surface area contributed by atoms with Gasteiger partial charge < -0.3 is 15.0 Å². The van der Waals surface area contributed by atoms with Gasteiger partial charge in [0.25, 0.3) is 0 Å². The van der Waals surface area contributed by atoms with Gasteiger partial charge in [0.2, 0.25) is 5.91 Å². The average molecular weight is 402 g/mol. The molecule has 2 aliphatic rings. The van der Waals surface area contributed by atoms with Gasteiger partial charge in [-0.05, 0) is 56.3 Å². The Kier molecular flexibility index (Phi) is 7.64. The van der Waals surface area contributed by atoms with Gasteiger partial charge in [-0.15, -0.1) is 0 Å². The molecule has 1 N–H and O–H groups in total. The van der Waals surface area contributed by atoms with Crippen molar-refractivity contribution in [3.8, 4) is 11.8 Å². The monoisotopic (exact) mass is 401 g/mol. The fourth-order valence-electron chi connectivity index (χ4n) is 4.41. The fraction of sp³-hybridized carbons (Fsp3) is 0.636. The van der Waals surface area contributed by atoms with Gasteiger partial charge in [0, 0.05) is 24.3 Å². The summed E-state index contributed by atoms with van der Waals surface area (Å²) in [6.45, 7) is 2.24. The predicted octanol–water partition coefficient (Wildman–Crippen LogP) is 3.58. The molecule has 6 heteroatoms. The number of rotatable bonds is 6. The van der Waals surface area contributed by atoms with Crippen LogP contribution < -0.4 is 10.1 Å². The van der Waals surface area contributed by atoms with Crippen molar-refractivity contribution in [1.29, 1.82) is 5.26 Å². The first-order chi connectivity index (χ1) is 13.6. The Morgan fingerprint density at radius 1 is 1.25 bits per heavy atom. The maximum absolute atomic E-state index is 12.5. The van der Waals surface area contributed by atoms with Gasteiger partial charge in [-0.25, -0.2) is 0 Å². The minimum absolute atomic E-state index is 0.00693. The van der Waals surface area contributed by atoms with E-state index < -0.39 is 0 Å². The number of thiol groups is 1. The molecule has 1 saturated heterocycles. The van der Waals surface area contributed by atoms with Crippen molar-refractivity contribution >= 4 is 18.5 Å². The van der Waals surface area contributed by atoms with E-state index in [9.17, 15) is 4.79 Å². The van der Waals surface area contributed by atoms with Crippen molar-refractivity contribution in [3.05, 3.63) is 29.8 Å². The molecular weight excluding hydrogens is 370 g/mol. The third-order valence-electron chi connectivity index (χ3n) is 6.09. The molecule has 28 heavy (non-hydrogen) atoms. The SMILES string of the molecule is CN1CCC(Oc2ccc(C(S)C3CCCCC3C(=O)NCC#N)cc2)CC1. The van der Waals surface area contributed by atoms with Crippen LogP contribution >= 0.6 is 12.6 Å². The van der Waals surface area contributed by atoms with E-state index in [-0.39, 0.29) is 29.5 Å². The summed E-state index contributed by atoms with van der Waals surface area (Å²) in [5.41, 5.74) is 1.13. The summed E-state index contributed by atoms with van der Waals surface area (Å²) in [6, 6.07) is 10.2. The van der Waals surface area contributed by atoms with E-state index in [4.69, 9.17) is 22.6 Å². The Labute approximate surface area is 173 Å². The Hall–Kier alpha value is -1.71. The normalized spacial score (nSPS) is 24.9. The summed E-state index contributed by atoms with van der Waals surface area (Å²) in [7, 11) is 2.15. The highest BCUT2D eigenvalue weighted by Gasteiger charge is 2.35. The van der Waals surface area contributed by atoms with E-state index >= 15 is 0 Å². The topological polar surface area (TPSA) is 65.4 Å². The van der Waals surface area contributed by atoms with Crippen molar-refractivity contribution < 1.29 is 9.53 Å². The van der Waals surface area contributed by atoms with Crippen molar-refractivity contribution in [2.75, 3.05) is 26.7 Å². The summed E-state index contributed by atoms with van der Waals surface area (Å²) in [5, 5.41) is 11.5. The largest absolute Gasteiger partial charge is 0.490 e. The summed E-state index contributed by atoms with van der Waals surface area (Å²) in [6.07, 6.45) is 6.47. The van der Waals surface area contributed by atoms with Gasteiger partial charge in [0.15, 0.2) is 0 Å². The number of amides is 1. The molecule has 0 aromatic heterocycles. The number of hydrogen-bond acceptors (Lipinski definition) is 5. The number of carbonyl (C=O) groups excluding carboxylic acids is 1. The van der Waals surface area contributed by atoms with Crippen LogP contribution in [0.3, 0.4) is 0 Å². The number of nitrogens with zero attached hydrogens (tertiary/aromatic N) is 2. The van der Waals surface area contributed by atoms with Crippen LogP contribution in [0, 0.1) is 23.2 Å². The van der Waals surface area contributed by atoms with E-state index in [1.807, 2.05) is 18.2 Å². The third kappa shape index (κ3) is 5.42. The van der Waals surface area contributed by atoms with E-state index in [2.05, 4.69) is 29.4 Å². The van der Waals surface area contributed by atoms with Crippen LogP contribution in [0.5, 0.6) is 5.75 Å². The standard InChI is InChI=1S/C22H31N3O2S/c1-25-14-10-18(11-15-25)27-17-8-6-16(7-9-17)21(28)19-4-2-3-5-20(19)22(26)24-13-12-23/h6-9,18-21,28H,2-5,10-11,13-15H2,1H3,(H,24,26). The molecule has 3 unspecified atom stereocenters. The molecule has 1 aromatic carbocycles. The number of benzene rings is 1. The van der Waals surface area contributed by atoms with Crippen LogP contribution in [0.25, 0.3) is 0 Å². The second-order valence-corrected chi connectivity index (χ2v) is 8.62. The molecule has 1 aliphatic carbocycles. The van der Waals surface area contributed by atoms with Crippen molar-refractivity contribution in [3.63, 3.8) is 0 Å². The summed E-state index contributed by atoms with van der Waals surface area (Å²) in [4.78, 5) is 14.8. The highest BCUT2D eigenvalue weighted by atomic mass is 32.1. The fourth-order valence-corrected chi connectivity index (χ4v) is 4.94. The number of nitrogens with one attached hydrogen (secondary N) is 1. The summed E-state index contributed by atoms with van der Waals surface area (Å²) >= 11 is 4.89. The highest BCUT2D eigenvalue weighted by molar-refractivity contribution is 7.80. The Morgan fingerprint density at radius 2 is 1.93 bits per heavy atom. The van der Waals surface area contributed by atoms with Crippen LogP contribution in [0.2, 0.25) is 0 Å². The highest BCUT2D eigenvalue weighted by Crippen LogP contribution is 2.42. The van der Waals surface area contributed by atoms with Crippen molar-refractivity contribution in [2.24, 2.45) is 11.8 Å². The number of nitriles is 1. The lowest BCUT2D eigenvalue weighted by molar-refractivity contribution is -0.127. The minimum Gasteiger partial charge on any atom is -0.490 e. The van der Waals surface area contributed by atoms with Crippen LogP contribution in [-0.4, -0.2) is 43.6 Å².